The molecule has 1 aromatic carbocycles. The second-order valence-corrected chi connectivity index (χ2v) is 5.44. The fourth-order valence-electron chi connectivity index (χ4n) is 2.57. The molecule has 0 saturated carbocycles. The van der Waals surface area contributed by atoms with Crippen LogP contribution in [0, 0.1) is 6.92 Å². The highest BCUT2D eigenvalue weighted by molar-refractivity contribution is 5.49. The van der Waals surface area contributed by atoms with Crippen LogP contribution >= 0.6 is 0 Å². The van der Waals surface area contributed by atoms with Crippen LogP contribution in [0.1, 0.15) is 30.9 Å². The molecular formula is C14H22N2O. The molecule has 1 unspecified atom stereocenters. The van der Waals surface area contributed by atoms with E-state index in [9.17, 15) is 5.11 Å². The van der Waals surface area contributed by atoms with Crippen LogP contribution in [-0.4, -0.2) is 28.7 Å². The highest BCUT2D eigenvalue weighted by Crippen LogP contribution is 2.23. The molecule has 1 aliphatic rings. The molecule has 3 N–H and O–H groups in total. The molecule has 1 atom stereocenters. The van der Waals surface area contributed by atoms with Gasteiger partial charge in [0, 0.05) is 18.8 Å². The molecule has 0 spiro atoms. The summed E-state index contributed by atoms with van der Waals surface area (Å²) < 4.78 is 0. The number of rotatable bonds is 2. The lowest BCUT2D eigenvalue weighted by molar-refractivity contribution is -0.0181. The number of β-amino-alcohol motifs (C(OH)–C–C–N with tert-alkyl or cyclic N) is 1. The van der Waals surface area contributed by atoms with E-state index in [4.69, 9.17) is 5.73 Å². The van der Waals surface area contributed by atoms with Crippen molar-refractivity contribution in [3.8, 4) is 0 Å². The van der Waals surface area contributed by atoms with Crippen molar-refractivity contribution in [1.29, 1.82) is 0 Å². The van der Waals surface area contributed by atoms with Crippen LogP contribution in [-0.2, 0) is 6.54 Å². The van der Waals surface area contributed by atoms with Crippen molar-refractivity contribution in [2.75, 3.05) is 18.8 Å². The molecule has 1 aromatic rings. The Bertz CT molecular complexity index is 401. The Hall–Kier alpha value is -1.06. The number of piperidine rings is 1. The average molecular weight is 234 g/mol. The van der Waals surface area contributed by atoms with Crippen LogP contribution in [0.4, 0.5) is 5.69 Å². The van der Waals surface area contributed by atoms with Crippen molar-refractivity contribution >= 4 is 5.69 Å². The Kier molecular flexibility index (Phi) is 3.40. The molecule has 0 aromatic heterocycles. The smallest absolute Gasteiger partial charge is 0.0746 e. The number of nitrogens with zero attached hydrogens (tertiary/aromatic N) is 1. The van der Waals surface area contributed by atoms with Gasteiger partial charge in [0.1, 0.15) is 0 Å². The molecule has 0 aliphatic carbocycles. The maximum absolute atomic E-state index is 10.1. The highest BCUT2D eigenvalue weighted by atomic mass is 16.3. The molecular weight excluding hydrogens is 212 g/mol. The van der Waals surface area contributed by atoms with Gasteiger partial charge < -0.3 is 10.8 Å². The number of anilines is 1. The minimum atomic E-state index is -0.535. The van der Waals surface area contributed by atoms with Gasteiger partial charge in [-0.3, -0.25) is 4.90 Å². The number of aliphatic hydroxyl groups is 1. The minimum absolute atomic E-state index is 0.535. The Morgan fingerprint density at radius 2 is 2.24 bits per heavy atom. The number of likely N-dealkylation sites (tertiary alicyclic amines) is 1. The van der Waals surface area contributed by atoms with Crippen LogP contribution in [0.5, 0.6) is 0 Å². The minimum Gasteiger partial charge on any atom is -0.399 e. The zero-order valence-electron chi connectivity index (χ0n) is 10.7. The summed E-state index contributed by atoms with van der Waals surface area (Å²) in [5.41, 5.74) is 8.66. The van der Waals surface area contributed by atoms with E-state index >= 15 is 0 Å². The van der Waals surface area contributed by atoms with E-state index in [0.29, 0.717) is 0 Å². The Labute approximate surface area is 103 Å². The molecule has 1 aliphatic heterocycles. The fourth-order valence-corrected chi connectivity index (χ4v) is 2.57. The van der Waals surface area contributed by atoms with E-state index in [-0.39, 0.29) is 0 Å². The lowest BCUT2D eigenvalue weighted by atomic mass is 9.94. The van der Waals surface area contributed by atoms with Crippen LogP contribution in [0.3, 0.4) is 0 Å². The first-order valence-electron chi connectivity index (χ1n) is 6.27. The number of nitrogens with two attached hydrogens (primary N) is 1. The Morgan fingerprint density at radius 1 is 1.47 bits per heavy atom. The molecule has 3 nitrogen and oxygen atoms in total. The van der Waals surface area contributed by atoms with E-state index in [1.54, 1.807) is 0 Å². The molecule has 94 valence electrons. The summed E-state index contributed by atoms with van der Waals surface area (Å²) >= 11 is 0. The van der Waals surface area contributed by atoms with Crippen molar-refractivity contribution < 1.29 is 5.11 Å². The molecule has 1 heterocycles. The summed E-state index contributed by atoms with van der Waals surface area (Å²) in [5.74, 6) is 0. The monoisotopic (exact) mass is 234 g/mol. The number of hydrogen-bond acceptors (Lipinski definition) is 3. The second-order valence-electron chi connectivity index (χ2n) is 5.44. The van der Waals surface area contributed by atoms with Gasteiger partial charge in [0.25, 0.3) is 0 Å². The quantitative estimate of drug-likeness (QED) is 0.769. The maximum atomic E-state index is 10.1. The standard InChI is InChI=1S/C14H22N2O/c1-11-12(5-3-6-13(11)15)9-16-8-4-7-14(2,17)10-16/h3,5-6,17H,4,7-10,15H2,1-2H3. The second kappa shape index (κ2) is 4.67. The summed E-state index contributed by atoms with van der Waals surface area (Å²) in [6.07, 6.45) is 1.97. The van der Waals surface area contributed by atoms with Gasteiger partial charge >= 0.3 is 0 Å². The molecule has 17 heavy (non-hydrogen) atoms. The van der Waals surface area contributed by atoms with Crippen molar-refractivity contribution in [2.24, 2.45) is 0 Å². The zero-order chi connectivity index (χ0) is 12.5. The Balaban J connectivity index is 2.08. The van der Waals surface area contributed by atoms with Crippen molar-refractivity contribution in [3.05, 3.63) is 29.3 Å². The van der Waals surface area contributed by atoms with Crippen LogP contribution in [0.15, 0.2) is 18.2 Å². The van der Waals surface area contributed by atoms with Crippen molar-refractivity contribution in [1.82, 2.24) is 4.90 Å². The van der Waals surface area contributed by atoms with Gasteiger partial charge in [-0.1, -0.05) is 12.1 Å². The first-order chi connectivity index (χ1) is 7.98. The lowest BCUT2D eigenvalue weighted by Gasteiger charge is -2.37. The van der Waals surface area contributed by atoms with E-state index in [0.717, 1.165) is 43.7 Å². The molecule has 1 saturated heterocycles. The van der Waals surface area contributed by atoms with Crippen LogP contribution in [0.25, 0.3) is 0 Å². The van der Waals surface area contributed by atoms with E-state index in [1.807, 2.05) is 19.1 Å². The van der Waals surface area contributed by atoms with Gasteiger partial charge in [0.2, 0.25) is 0 Å². The SMILES string of the molecule is Cc1c(N)cccc1CN1CCCC(C)(O)C1. The summed E-state index contributed by atoms with van der Waals surface area (Å²) in [4.78, 5) is 2.31. The molecule has 1 fully saturated rings. The van der Waals surface area contributed by atoms with Gasteiger partial charge in [-0.05, 0) is 50.4 Å². The molecule has 2 rings (SSSR count). The zero-order valence-corrected chi connectivity index (χ0v) is 10.7. The summed E-state index contributed by atoms with van der Waals surface area (Å²) in [6.45, 7) is 6.68. The number of hydrogen-bond donors (Lipinski definition) is 2. The van der Waals surface area contributed by atoms with Gasteiger partial charge in [-0.2, -0.15) is 0 Å². The summed E-state index contributed by atoms with van der Waals surface area (Å²) in [5, 5.41) is 10.1. The average Bonchev–Trinajstić information content (AvgIpc) is 2.23. The van der Waals surface area contributed by atoms with Gasteiger partial charge in [0.15, 0.2) is 0 Å². The van der Waals surface area contributed by atoms with Crippen molar-refractivity contribution in [3.63, 3.8) is 0 Å². The van der Waals surface area contributed by atoms with Gasteiger partial charge in [-0.15, -0.1) is 0 Å². The third-order valence-electron chi connectivity index (χ3n) is 3.64. The van der Waals surface area contributed by atoms with Crippen LogP contribution in [0.2, 0.25) is 0 Å². The Morgan fingerprint density at radius 3 is 2.94 bits per heavy atom. The summed E-state index contributed by atoms with van der Waals surface area (Å²) in [7, 11) is 0. The van der Waals surface area contributed by atoms with Crippen molar-refractivity contribution in [2.45, 2.75) is 38.8 Å². The van der Waals surface area contributed by atoms with Crippen LogP contribution < -0.4 is 5.73 Å². The highest BCUT2D eigenvalue weighted by Gasteiger charge is 2.28. The predicted octanol–water partition coefficient (Wildman–Crippen LogP) is 1.92. The topological polar surface area (TPSA) is 49.5 Å². The molecule has 0 radical (unpaired) electrons. The fraction of sp³-hybridized carbons (Fsp3) is 0.571. The first kappa shape index (κ1) is 12.4. The summed E-state index contributed by atoms with van der Waals surface area (Å²) in [6, 6.07) is 6.06. The van der Waals surface area contributed by atoms with Gasteiger partial charge in [0.05, 0.1) is 5.60 Å². The predicted molar refractivity (Wildman–Crippen MR) is 70.7 cm³/mol. The first-order valence-corrected chi connectivity index (χ1v) is 6.27. The third kappa shape index (κ3) is 2.99. The normalized spacial score (nSPS) is 26.1. The maximum Gasteiger partial charge on any atom is 0.0746 e. The number of benzene rings is 1. The molecule has 0 bridgehead atoms. The van der Waals surface area contributed by atoms with E-state index < -0.39 is 5.60 Å². The number of nitrogen functional groups attached to an aromatic ring is 1. The van der Waals surface area contributed by atoms with E-state index in [1.165, 1.54) is 5.56 Å². The molecule has 0 amide bonds. The lowest BCUT2D eigenvalue weighted by Crippen LogP contribution is -2.45. The molecule has 3 heteroatoms. The largest absolute Gasteiger partial charge is 0.399 e. The third-order valence-corrected chi connectivity index (χ3v) is 3.64. The van der Waals surface area contributed by atoms with E-state index in [2.05, 4.69) is 17.9 Å². The van der Waals surface area contributed by atoms with Gasteiger partial charge in [-0.25, -0.2) is 0 Å².